The van der Waals surface area contributed by atoms with Crippen molar-refractivity contribution in [1.29, 1.82) is 0 Å². The minimum atomic E-state index is 0.164. The average molecular weight is 316 g/mol. The van der Waals surface area contributed by atoms with E-state index in [2.05, 4.69) is 55.7 Å². The molecule has 3 rings (SSSR count). The van der Waals surface area contributed by atoms with Crippen LogP contribution in [0.3, 0.4) is 0 Å². The molecule has 2 fully saturated rings. The zero-order chi connectivity index (χ0) is 16.3. The standard InChI is InChI=1S/C20H32N2O/c1-15-7-9-16(10-8-15)20(2,3)14-22-18-6-4-5-17(18)19-13-23-12-11-21-19/h7-10,17-19,21-22H,4-6,11-14H2,1-3H3. The molecule has 3 unspecified atom stereocenters. The van der Waals surface area contributed by atoms with Crippen LogP contribution in [0.2, 0.25) is 0 Å². The Labute approximate surface area is 141 Å². The lowest BCUT2D eigenvalue weighted by molar-refractivity contribution is 0.0522. The summed E-state index contributed by atoms with van der Waals surface area (Å²) in [5, 5.41) is 7.55. The Hall–Kier alpha value is -0.900. The minimum absolute atomic E-state index is 0.164. The van der Waals surface area contributed by atoms with Gasteiger partial charge in [-0.05, 0) is 31.2 Å². The highest BCUT2D eigenvalue weighted by molar-refractivity contribution is 5.27. The number of aryl methyl sites for hydroxylation is 1. The number of ether oxygens (including phenoxy) is 1. The van der Waals surface area contributed by atoms with Crippen LogP contribution in [-0.4, -0.2) is 38.4 Å². The molecule has 3 atom stereocenters. The van der Waals surface area contributed by atoms with E-state index in [4.69, 9.17) is 4.74 Å². The highest BCUT2D eigenvalue weighted by Gasteiger charge is 2.35. The quantitative estimate of drug-likeness (QED) is 0.876. The van der Waals surface area contributed by atoms with Crippen LogP contribution in [0.5, 0.6) is 0 Å². The Morgan fingerprint density at radius 3 is 2.70 bits per heavy atom. The Morgan fingerprint density at radius 2 is 2.00 bits per heavy atom. The van der Waals surface area contributed by atoms with E-state index in [0.717, 1.165) is 26.3 Å². The number of hydrogen-bond donors (Lipinski definition) is 2. The second-order valence-electron chi connectivity index (χ2n) is 7.97. The molecule has 0 bridgehead atoms. The summed E-state index contributed by atoms with van der Waals surface area (Å²) in [4.78, 5) is 0. The van der Waals surface area contributed by atoms with Crippen LogP contribution >= 0.6 is 0 Å². The fourth-order valence-corrected chi connectivity index (χ4v) is 4.08. The molecule has 1 saturated carbocycles. The summed E-state index contributed by atoms with van der Waals surface area (Å²) in [6.45, 7) is 10.6. The maximum atomic E-state index is 5.68. The summed E-state index contributed by atoms with van der Waals surface area (Å²) < 4.78 is 5.68. The molecular formula is C20H32N2O. The van der Waals surface area contributed by atoms with Gasteiger partial charge in [0.15, 0.2) is 0 Å². The summed E-state index contributed by atoms with van der Waals surface area (Å²) >= 11 is 0. The third kappa shape index (κ3) is 4.14. The Bertz CT molecular complexity index is 491. The third-order valence-electron chi connectivity index (χ3n) is 5.68. The predicted molar refractivity (Wildman–Crippen MR) is 95.9 cm³/mol. The normalized spacial score (nSPS) is 28.9. The zero-order valence-electron chi connectivity index (χ0n) is 14.9. The highest BCUT2D eigenvalue weighted by atomic mass is 16.5. The van der Waals surface area contributed by atoms with Crippen molar-refractivity contribution in [3.8, 4) is 0 Å². The van der Waals surface area contributed by atoms with Crippen LogP contribution < -0.4 is 10.6 Å². The lowest BCUT2D eigenvalue weighted by Crippen LogP contribution is -2.52. The molecule has 3 heteroatoms. The van der Waals surface area contributed by atoms with Gasteiger partial charge in [-0.15, -0.1) is 0 Å². The van der Waals surface area contributed by atoms with E-state index in [1.165, 1.54) is 30.4 Å². The largest absolute Gasteiger partial charge is 0.379 e. The molecule has 1 aliphatic carbocycles. The van der Waals surface area contributed by atoms with Gasteiger partial charge in [-0.25, -0.2) is 0 Å². The van der Waals surface area contributed by atoms with Crippen molar-refractivity contribution >= 4 is 0 Å². The maximum absolute atomic E-state index is 5.68. The van der Waals surface area contributed by atoms with E-state index in [0.29, 0.717) is 18.0 Å². The molecule has 0 spiro atoms. The first-order valence-electron chi connectivity index (χ1n) is 9.18. The van der Waals surface area contributed by atoms with Gasteiger partial charge in [0, 0.05) is 30.6 Å². The van der Waals surface area contributed by atoms with E-state index in [1.54, 1.807) is 0 Å². The molecule has 3 nitrogen and oxygen atoms in total. The number of rotatable bonds is 5. The van der Waals surface area contributed by atoms with Gasteiger partial charge in [0.2, 0.25) is 0 Å². The Balaban J connectivity index is 1.58. The summed E-state index contributed by atoms with van der Waals surface area (Å²) in [6.07, 6.45) is 3.96. The van der Waals surface area contributed by atoms with Crippen LogP contribution in [-0.2, 0) is 10.2 Å². The van der Waals surface area contributed by atoms with Crippen LogP contribution in [0.4, 0.5) is 0 Å². The van der Waals surface area contributed by atoms with E-state index >= 15 is 0 Å². The van der Waals surface area contributed by atoms with Crippen molar-refractivity contribution in [2.45, 2.75) is 57.5 Å². The smallest absolute Gasteiger partial charge is 0.0623 e. The first-order valence-corrected chi connectivity index (χ1v) is 9.18. The Kier molecular flexibility index (Phi) is 5.40. The molecule has 0 amide bonds. The monoisotopic (exact) mass is 316 g/mol. The predicted octanol–water partition coefficient (Wildman–Crippen LogP) is 3.02. The van der Waals surface area contributed by atoms with Crippen molar-refractivity contribution in [2.75, 3.05) is 26.3 Å². The van der Waals surface area contributed by atoms with E-state index < -0.39 is 0 Å². The lowest BCUT2D eigenvalue weighted by Gasteiger charge is -2.35. The maximum Gasteiger partial charge on any atom is 0.0623 e. The van der Waals surface area contributed by atoms with Crippen LogP contribution in [0.25, 0.3) is 0 Å². The van der Waals surface area contributed by atoms with Gasteiger partial charge in [-0.3, -0.25) is 0 Å². The summed E-state index contributed by atoms with van der Waals surface area (Å²) in [5.74, 6) is 0.712. The number of nitrogens with one attached hydrogen (secondary N) is 2. The molecule has 2 N–H and O–H groups in total. The van der Waals surface area contributed by atoms with Crippen LogP contribution in [0.1, 0.15) is 44.2 Å². The molecule has 128 valence electrons. The molecule has 0 aromatic heterocycles. The molecule has 1 aromatic carbocycles. The summed E-state index contributed by atoms with van der Waals surface area (Å²) in [5.41, 5.74) is 2.91. The molecular weight excluding hydrogens is 284 g/mol. The average Bonchev–Trinajstić information content (AvgIpc) is 3.03. The van der Waals surface area contributed by atoms with Crippen molar-refractivity contribution in [3.63, 3.8) is 0 Å². The van der Waals surface area contributed by atoms with Crippen molar-refractivity contribution < 1.29 is 4.74 Å². The van der Waals surface area contributed by atoms with E-state index in [-0.39, 0.29) is 5.41 Å². The van der Waals surface area contributed by atoms with E-state index in [9.17, 15) is 0 Å². The summed E-state index contributed by atoms with van der Waals surface area (Å²) in [7, 11) is 0. The molecule has 1 aromatic rings. The molecule has 1 saturated heterocycles. The van der Waals surface area contributed by atoms with Gasteiger partial charge in [0.1, 0.15) is 0 Å². The minimum Gasteiger partial charge on any atom is -0.379 e. The first kappa shape index (κ1) is 16.9. The van der Waals surface area contributed by atoms with Crippen molar-refractivity contribution in [3.05, 3.63) is 35.4 Å². The lowest BCUT2D eigenvalue weighted by atomic mass is 9.83. The molecule has 1 heterocycles. The fraction of sp³-hybridized carbons (Fsp3) is 0.700. The molecule has 23 heavy (non-hydrogen) atoms. The molecule has 0 radical (unpaired) electrons. The Morgan fingerprint density at radius 1 is 1.22 bits per heavy atom. The SMILES string of the molecule is Cc1ccc(C(C)(C)CNC2CCCC2C2COCCN2)cc1. The second kappa shape index (κ2) is 7.33. The van der Waals surface area contributed by atoms with Crippen LogP contribution in [0, 0.1) is 12.8 Å². The van der Waals surface area contributed by atoms with E-state index in [1.807, 2.05) is 0 Å². The highest BCUT2D eigenvalue weighted by Crippen LogP contribution is 2.31. The zero-order valence-corrected chi connectivity index (χ0v) is 14.9. The van der Waals surface area contributed by atoms with Crippen LogP contribution in [0.15, 0.2) is 24.3 Å². The van der Waals surface area contributed by atoms with Gasteiger partial charge in [0.25, 0.3) is 0 Å². The van der Waals surface area contributed by atoms with Gasteiger partial charge < -0.3 is 15.4 Å². The topological polar surface area (TPSA) is 33.3 Å². The number of benzene rings is 1. The first-order chi connectivity index (χ1) is 11.1. The van der Waals surface area contributed by atoms with Gasteiger partial charge in [-0.1, -0.05) is 50.1 Å². The number of morpholine rings is 1. The number of hydrogen-bond acceptors (Lipinski definition) is 3. The summed E-state index contributed by atoms with van der Waals surface area (Å²) in [6, 6.07) is 10.2. The van der Waals surface area contributed by atoms with Crippen molar-refractivity contribution in [1.82, 2.24) is 10.6 Å². The van der Waals surface area contributed by atoms with Crippen molar-refractivity contribution in [2.24, 2.45) is 5.92 Å². The second-order valence-corrected chi connectivity index (χ2v) is 7.97. The molecule has 2 aliphatic rings. The van der Waals surface area contributed by atoms with Gasteiger partial charge in [-0.2, -0.15) is 0 Å². The van der Waals surface area contributed by atoms with Gasteiger partial charge in [0.05, 0.1) is 13.2 Å². The fourth-order valence-electron chi connectivity index (χ4n) is 4.08. The molecule has 1 aliphatic heterocycles. The van der Waals surface area contributed by atoms with Gasteiger partial charge >= 0.3 is 0 Å². The third-order valence-corrected chi connectivity index (χ3v) is 5.68.